The third kappa shape index (κ3) is 16.0. The minimum absolute atomic E-state index is 0.00944. The summed E-state index contributed by atoms with van der Waals surface area (Å²) in [4.78, 5) is 12.1. The van der Waals surface area contributed by atoms with Crippen molar-refractivity contribution in [1.82, 2.24) is 4.90 Å². The minimum atomic E-state index is -0.124. The Morgan fingerprint density at radius 2 is 0.811 bits per heavy atom. The third-order valence-corrected chi connectivity index (χ3v) is 12.4. The predicted octanol–water partition coefficient (Wildman–Crippen LogP) is 4.12. The van der Waals surface area contributed by atoms with Gasteiger partial charge in [0.1, 0.15) is 28.7 Å². The Balaban J connectivity index is 0.000000274. The van der Waals surface area contributed by atoms with Crippen molar-refractivity contribution in [2.45, 2.75) is 26.3 Å². The summed E-state index contributed by atoms with van der Waals surface area (Å²) >= 11 is 0. The molecule has 0 aromatic heterocycles. The molecule has 0 radical (unpaired) electrons. The van der Waals surface area contributed by atoms with E-state index in [4.69, 9.17) is 0 Å². The van der Waals surface area contributed by atoms with E-state index in [9.17, 15) is 61.3 Å². The number of phenolic OH excluding ortho intramolecular Hbond substituents is 4. The molecule has 0 atom stereocenters. The van der Waals surface area contributed by atoms with Crippen LogP contribution in [0, 0.1) is 13.8 Å². The van der Waals surface area contributed by atoms with Crippen LogP contribution in [0.15, 0.2) is 114 Å². The lowest BCUT2D eigenvalue weighted by Crippen LogP contribution is -2.38. The maximum atomic E-state index is 10.7. The van der Waals surface area contributed by atoms with Crippen molar-refractivity contribution >= 4 is 51.2 Å². The van der Waals surface area contributed by atoms with E-state index in [0.29, 0.717) is 92.7 Å². The second-order valence-electron chi connectivity index (χ2n) is 17.4. The van der Waals surface area contributed by atoms with Gasteiger partial charge in [-0.25, -0.2) is 4.99 Å². The van der Waals surface area contributed by atoms with Gasteiger partial charge in [-0.05, 0) is 104 Å². The molecule has 0 aliphatic heterocycles. The van der Waals surface area contributed by atoms with Gasteiger partial charge in [0.25, 0.3) is 0 Å². The van der Waals surface area contributed by atoms with Crippen molar-refractivity contribution in [2.24, 2.45) is 4.99 Å². The van der Waals surface area contributed by atoms with E-state index >= 15 is 0 Å². The molecule has 19 heteroatoms. The minimum Gasteiger partial charge on any atom is -0.507 e. The van der Waals surface area contributed by atoms with Crippen LogP contribution < -0.4 is 25.3 Å². The molecule has 74 heavy (non-hydrogen) atoms. The molecule has 5 aromatic carbocycles. The van der Waals surface area contributed by atoms with E-state index < -0.39 is 0 Å². The van der Waals surface area contributed by atoms with E-state index in [-0.39, 0.29) is 93.1 Å². The fourth-order valence-corrected chi connectivity index (χ4v) is 8.40. The SMILES string of the molecule is Cc1c(O)c(Cc2ccc(N(CCO)CCO)cc2)cc(Nc2ccc(N(CCO)CCO)cc2)c1O.Cc1c(O)c(N=C2C=CC(N(CCO)CCO)C=C2)cc(Nc2ccc(N(CCO)CCO)cc2)c1O. The molecule has 1 aliphatic rings. The van der Waals surface area contributed by atoms with Crippen LogP contribution in [-0.2, 0) is 6.42 Å². The summed E-state index contributed by atoms with van der Waals surface area (Å²) in [7, 11) is 0. The van der Waals surface area contributed by atoms with Crippen LogP contribution in [0.1, 0.15) is 22.3 Å². The second kappa shape index (κ2) is 29.7. The molecule has 6 rings (SSSR count). The van der Waals surface area contributed by atoms with Gasteiger partial charge in [-0.15, -0.1) is 0 Å². The molecule has 14 N–H and O–H groups in total. The number of hydrogen-bond donors (Lipinski definition) is 14. The monoisotopic (exact) mass is 1020 g/mol. The van der Waals surface area contributed by atoms with Gasteiger partial charge < -0.3 is 86.6 Å². The van der Waals surface area contributed by atoms with Gasteiger partial charge in [-0.3, -0.25) is 4.90 Å². The summed E-state index contributed by atoms with van der Waals surface area (Å²) in [6, 6.07) is 25.7. The van der Waals surface area contributed by atoms with Gasteiger partial charge in [0.05, 0.1) is 69.9 Å². The number of anilines is 7. The van der Waals surface area contributed by atoms with E-state index in [1.807, 2.05) is 117 Å². The maximum Gasteiger partial charge on any atom is 0.147 e. The molecule has 400 valence electrons. The Labute approximate surface area is 432 Å². The van der Waals surface area contributed by atoms with Crippen LogP contribution in [0.5, 0.6) is 23.0 Å². The van der Waals surface area contributed by atoms with Gasteiger partial charge in [0.15, 0.2) is 0 Å². The molecular formula is C55H73N7O12. The van der Waals surface area contributed by atoms with Crippen molar-refractivity contribution in [3.63, 3.8) is 0 Å². The van der Waals surface area contributed by atoms with Crippen LogP contribution in [-0.4, -0.2) is 183 Å². The first-order valence-electron chi connectivity index (χ1n) is 24.6. The lowest BCUT2D eigenvalue weighted by Gasteiger charge is -2.27. The number of nitrogens with zero attached hydrogens (tertiary/aromatic N) is 5. The highest BCUT2D eigenvalue weighted by atomic mass is 16.3. The van der Waals surface area contributed by atoms with Crippen LogP contribution in [0.2, 0.25) is 0 Å². The predicted molar refractivity (Wildman–Crippen MR) is 292 cm³/mol. The fourth-order valence-electron chi connectivity index (χ4n) is 8.40. The first-order valence-corrected chi connectivity index (χ1v) is 24.6. The van der Waals surface area contributed by atoms with Crippen molar-refractivity contribution in [1.29, 1.82) is 0 Å². The molecule has 1 aliphatic carbocycles. The van der Waals surface area contributed by atoms with Crippen LogP contribution in [0.4, 0.5) is 45.5 Å². The average Bonchev–Trinajstić information content (AvgIpc) is 3.41. The Morgan fingerprint density at radius 1 is 0.446 bits per heavy atom. The number of aliphatic hydroxyl groups is 8. The summed E-state index contributed by atoms with van der Waals surface area (Å²) in [6.45, 7) is 6.48. The van der Waals surface area contributed by atoms with Crippen molar-refractivity contribution in [3.05, 3.63) is 131 Å². The molecule has 0 saturated carbocycles. The highest BCUT2D eigenvalue weighted by Crippen LogP contribution is 2.43. The quantitative estimate of drug-likeness (QED) is 0.0260. The molecule has 0 saturated heterocycles. The van der Waals surface area contributed by atoms with E-state index in [0.717, 1.165) is 28.3 Å². The second-order valence-corrected chi connectivity index (χ2v) is 17.4. The van der Waals surface area contributed by atoms with Crippen LogP contribution >= 0.6 is 0 Å². The van der Waals surface area contributed by atoms with E-state index in [2.05, 4.69) is 15.6 Å². The summed E-state index contributed by atoms with van der Waals surface area (Å²) < 4.78 is 0. The first-order chi connectivity index (χ1) is 35.8. The number of aliphatic imine (C=N–C) groups is 1. The van der Waals surface area contributed by atoms with Gasteiger partial charge in [0.2, 0.25) is 0 Å². The van der Waals surface area contributed by atoms with Crippen LogP contribution in [0.3, 0.4) is 0 Å². The number of aromatic hydroxyl groups is 4. The first kappa shape index (κ1) is 58.0. The summed E-state index contributed by atoms with van der Waals surface area (Å²) in [5.41, 5.74) is 8.05. The number of nitrogens with one attached hydrogen (secondary N) is 2. The highest BCUT2D eigenvalue weighted by molar-refractivity contribution is 6.06. The Bertz CT molecular complexity index is 2470. The number of benzene rings is 5. The van der Waals surface area contributed by atoms with Crippen molar-refractivity contribution < 1.29 is 61.3 Å². The molecule has 0 unspecified atom stereocenters. The number of rotatable bonds is 27. The smallest absolute Gasteiger partial charge is 0.147 e. The normalized spacial score (nSPS) is 12.9. The topological polar surface area (TPSA) is 292 Å². The lowest BCUT2D eigenvalue weighted by atomic mass is 9.99. The molecule has 0 heterocycles. The number of phenols is 4. The van der Waals surface area contributed by atoms with Gasteiger partial charge in [0, 0.05) is 110 Å². The van der Waals surface area contributed by atoms with E-state index in [1.165, 1.54) is 0 Å². The van der Waals surface area contributed by atoms with Gasteiger partial charge in [-0.1, -0.05) is 24.3 Å². The van der Waals surface area contributed by atoms with Crippen molar-refractivity contribution in [2.75, 3.05) is 131 Å². The third-order valence-electron chi connectivity index (χ3n) is 12.4. The van der Waals surface area contributed by atoms with E-state index in [1.54, 1.807) is 26.0 Å². The molecule has 0 fully saturated rings. The fraction of sp³-hybridized carbons (Fsp3) is 0.364. The number of hydrogen-bond acceptors (Lipinski definition) is 19. The molecule has 0 spiro atoms. The van der Waals surface area contributed by atoms with Crippen molar-refractivity contribution in [3.8, 4) is 23.0 Å². The summed E-state index contributed by atoms with van der Waals surface area (Å²) in [5.74, 6) is -0.216. The lowest BCUT2D eigenvalue weighted by molar-refractivity contribution is 0.153. The molecule has 0 bridgehead atoms. The highest BCUT2D eigenvalue weighted by Gasteiger charge is 2.19. The average molecular weight is 1020 g/mol. The molecule has 19 nitrogen and oxygen atoms in total. The zero-order chi connectivity index (χ0) is 53.6. The number of aliphatic hydroxyl groups excluding tert-OH is 8. The maximum absolute atomic E-state index is 10.7. The largest absolute Gasteiger partial charge is 0.507 e. The Kier molecular flexibility index (Phi) is 23.3. The molecule has 5 aromatic rings. The summed E-state index contributed by atoms with van der Waals surface area (Å²) in [6.07, 6.45) is 7.88. The standard InChI is InChI=1S/C28H37N3O6.C27H36N4O6/c1-20-27(36)22(18-21-2-6-24(7-3-21)30(10-14-32)11-15-33)19-26(28(20)37)29-23-4-8-25(9-5-23)31(12-16-34)13-17-35;1-19-26(36)24(28-20-2-6-22(7-3-20)30(10-14-32)11-15-33)18-25(27(19)37)29-21-4-8-23(9-5-21)31(12-16-34)13-17-35/h2-9,19,29,32-37H,10-18H2,1H3;2-9,18,22,29,32-37H,10-17H2,1H3. The Hall–Kier alpha value is -6.91. The zero-order valence-electron chi connectivity index (χ0n) is 42.1. The zero-order valence-corrected chi connectivity index (χ0v) is 42.1. The Morgan fingerprint density at radius 3 is 1.20 bits per heavy atom. The molecule has 0 amide bonds. The van der Waals surface area contributed by atoms with Crippen LogP contribution in [0.25, 0.3) is 0 Å². The molecular weight excluding hydrogens is 951 g/mol. The number of allylic oxidation sites excluding steroid dienone is 2. The summed E-state index contributed by atoms with van der Waals surface area (Å²) in [5, 5.41) is 123. The van der Waals surface area contributed by atoms with Gasteiger partial charge in [-0.2, -0.15) is 0 Å². The van der Waals surface area contributed by atoms with Gasteiger partial charge >= 0.3 is 0 Å².